The number of nitrogens with one attached hydrogen (secondary N) is 2. The van der Waals surface area contributed by atoms with E-state index in [0.29, 0.717) is 11.4 Å². The first kappa shape index (κ1) is 24.5. The molecule has 1 heterocycles. The van der Waals surface area contributed by atoms with Gasteiger partial charge in [-0.15, -0.1) is 0 Å². The van der Waals surface area contributed by atoms with Crippen molar-refractivity contribution < 1.29 is 28.4 Å². The van der Waals surface area contributed by atoms with Crippen molar-refractivity contribution in [2.24, 2.45) is 0 Å². The van der Waals surface area contributed by atoms with E-state index < -0.39 is 40.8 Å². The molecular weight excluding hydrogens is 539 g/mol. The molecule has 0 saturated carbocycles. The number of halogens is 2. The third-order valence-corrected chi connectivity index (χ3v) is 5.40. The highest BCUT2D eigenvalue weighted by Gasteiger charge is 2.35. The molecule has 4 rings (SSSR count). The van der Waals surface area contributed by atoms with E-state index in [4.69, 9.17) is 4.74 Å². The maximum absolute atomic E-state index is 13.1. The number of hydrazine groups is 1. The fourth-order valence-electron chi connectivity index (χ4n) is 3.34. The van der Waals surface area contributed by atoms with Crippen LogP contribution in [0.4, 0.5) is 21.5 Å². The van der Waals surface area contributed by atoms with Gasteiger partial charge in [0.25, 0.3) is 17.7 Å². The molecule has 12 heteroatoms. The Morgan fingerprint density at radius 1 is 1.14 bits per heavy atom. The molecule has 1 aliphatic heterocycles. The number of ether oxygens (including phenoxy) is 1. The van der Waals surface area contributed by atoms with E-state index in [9.17, 15) is 28.9 Å². The normalized spacial score (nSPS) is 14.1. The van der Waals surface area contributed by atoms with Gasteiger partial charge in [-0.2, -0.15) is 0 Å². The Morgan fingerprint density at radius 2 is 1.83 bits per heavy atom. The van der Waals surface area contributed by atoms with E-state index in [0.717, 1.165) is 23.2 Å². The molecule has 36 heavy (non-hydrogen) atoms. The molecule has 3 amide bonds. The number of carbonyl (C=O) groups excluding carboxylic acids is 3. The summed E-state index contributed by atoms with van der Waals surface area (Å²) < 4.78 is 18.8. The van der Waals surface area contributed by atoms with E-state index in [1.165, 1.54) is 24.3 Å². The number of nitro groups is 1. The minimum atomic E-state index is -0.716. The highest BCUT2D eigenvalue weighted by Crippen LogP contribution is 2.36. The zero-order chi connectivity index (χ0) is 25.8. The average molecular weight is 555 g/mol. The highest BCUT2D eigenvalue weighted by atomic mass is 79.9. The van der Waals surface area contributed by atoms with Crippen LogP contribution in [-0.4, -0.2) is 29.3 Å². The van der Waals surface area contributed by atoms with Gasteiger partial charge in [0.1, 0.15) is 11.4 Å². The smallest absolute Gasteiger partial charge is 0.312 e. The molecule has 0 radical (unpaired) electrons. The van der Waals surface area contributed by atoms with Gasteiger partial charge in [0.15, 0.2) is 6.61 Å². The standard InChI is InChI=1S/C24H16BrFN4O6/c25-15-10-14(11-19-23(32)28-29(24(19)33)18-4-2-1-3-5-18)22(20(12-15)30(34)35)36-13-21(31)27-17-8-6-16(26)7-9-17/h1-12H,13H2,(H,27,31)(H,28,32)/b19-11-. The summed E-state index contributed by atoms with van der Waals surface area (Å²) in [7, 11) is 0. The number of hydrogen-bond donors (Lipinski definition) is 2. The number of benzene rings is 3. The molecule has 3 aromatic rings. The van der Waals surface area contributed by atoms with Crippen molar-refractivity contribution in [1.29, 1.82) is 0 Å². The monoisotopic (exact) mass is 554 g/mol. The van der Waals surface area contributed by atoms with Gasteiger partial charge in [-0.05, 0) is 48.5 Å². The Kier molecular flexibility index (Phi) is 7.06. The summed E-state index contributed by atoms with van der Waals surface area (Å²) >= 11 is 3.18. The number of carbonyl (C=O) groups is 3. The number of nitrogens with zero attached hydrogens (tertiary/aromatic N) is 2. The van der Waals surface area contributed by atoms with Crippen molar-refractivity contribution in [2.45, 2.75) is 0 Å². The van der Waals surface area contributed by atoms with Crippen LogP contribution in [0, 0.1) is 15.9 Å². The maximum Gasteiger partial charge on any atom is 0.312 e. The summed E-state index contributed by atoms with van der Waals surface area (Å²) in [6.45, 7) is -0.633. The van der Waals surface area contributed by atoms with Crippen molar-refractivity contribution in [2.75, 3.05) is 16.9 Å². The Balaban J connectivity index is 1.63. The predicted molar refractivity (Wildman–Crippen MR) is 131 cm³/mol. The second-order valence-electron chi connectivity index (χ2n) is 7.42. The Labute approximate surface area is 211 Å². The quantitative estimate of drug-likeness (QED) is 0.196. The van der Waals surface area contributed by atoms with Crippen LogP contribution in [0.3, 0.4) is 0 Å². The van der Waals surface area contributed by atoms with Crippen molar-refractivity contribution in [3.8, 4) is 5.75 Å². The van der Waals surface area contributed by atoms with Crippen molar-refractivity contribution in [1.82, 2.24) is 5.43 Å². The van der Waals surface area contributed by atoms with Gasteiger partial charge in [-0.1, -0.05) is 34.1 Å². The lowest BCUT2D eigenvalue weighted by Crippen LogP contribution is -2.35. The van der Waals surface area contributed by atoms with E-state index in [1.54, 1.807) is 30.3 Å². The van der Waals surface area contributed by atoms with E-state index >= 15 is 0 Å². The lowest BCUT2D eigenvalue weighted by atomic mass is 10.1. The molecule has 1 aliphatic rings. The van der Waals surface area contributed by atoms with Crippen LogP contribution < -0.4 is 20.5 Å². The van der Waals surface area contributed by atoms with E-state index in [1.807, 2.05) is 0 Å². The molecule has 182 valence electrons. The SMILES string of the molecule is O=C(COc1c(/C=C2/C(=O)NN(c3ccccc3)C2=O)cc(Br)cc1[N+](=O)[O-])Nc1ccc(F)cc1. The molecule has 0 bridgehead atoms. The zero-order valence-corrected chi connectivity index (χ0v) is 19.8. The molecule has 3 aromatic carbocycles. The summed E-state index contributed by atoms with van der Waals surface area (Å²) in [5.74, 6) is -2.85. The third-order valence-electron chi connectivity index (χ3n) is 4.94. The van der Waals surface area contributed by atoms with Gasteiger partial charge in [-0.25, -0.2) is 9.40 Å². The van der Waals surface area contributed by atoms with Crippen LogP contribution in [0.5, 0.6) is 5.75 Å². The molecule has 10 nitrogen and oxygen atoms in total. The number of anilines is 2. The molecule has 0 spiro atoms. The van der Waals surface area contributed by atoms with Gasteiger partial charge in [0.2, 0.25) is 5.75 Å². The van der Waals surface area contributed by atoms with Crippen molar-refractivity contribution >= 4 is 56.8 Å². The van der Waals surface area contributed by atoms with Crippen LogP contribution in [0.25, 0.3) is 6.08 Å². The summed E-state index contributed by atoms with van der Waals surface area (Å²) in [6, 6.07) is 16.0. The first-order valence-corrected chi connectivity index (χ1v) is 11.1. The molecule has 1 saturated heterocycles. The van der Waals surface area contributed by atoms with Crippen LogP contribution in [0.2, 0.25) is 0 Å². The lowest BCUT2D eigenvalue weighted by molar-refractivity contribution is -0.385. The summed E-state index contributed by atoms with van der Waals surface area (Å²) in [5.41, 5.74) is 2.42. The van der Waals surface area contributed by atoms with Gasteiger partial charge < -0.3 is 10.1 Å². The first-order chi connectivity index (χ1) is 17.2. The van der Waals surface area contributed by atoms with Crippen molar-refractivity contribution in [3.63, 3.8) is 0 Å². The molecule has 0 aromatic heterocycles. The van der Waals surface area contributed by atoms with E-state index in [2.05, 4.69) is 26.7 Å². The summed E-state index contributed by atoms with van der Waals surface area (Å²) in [6.07, 6.45) is 1.16. The van der Waals surface area contributed by atoms with Crippen LogP contribution in [0.15, 0.2) is 76.8 Å². The zero-order valence-electron chi connectivity index (χ0n) is 18.2. The molecule has 0 atom stereocenters. The average Bonchev–Trinajstić information content (AvgIpc) is 3.13. The largest absolute Gasteiger partial charge is 0.476 e. The number of hydrogen-bond acceptors (Lipinski definition) is 6. The van der Waals surface area contributed by atoms with Crippen molar-refractivity contribution in [3.05, 3.63) is 98.3 Å². The minimum Gasteiger partial charge on any atom is -0.476 e. The topological polar surface area (TPSA) is 131 Å². The van der Waals surface area contributed by atoms with Gasteiger partial charge in [0, 0.05) is 21.8 Å². The van der Waals surface area contributed by atoms with Gasteiger partial charge >= 0.3 is 5.69 Å². The Morgan fingerprint density at radius 3 is 2.50 bits per heavy atom. The molecular formula is C24H16BrFN4O6. The second-order valence-corrected chi connectivity index (χ2v) is 8.33. The van der Waals surface area contributed by atoms with E-state index in [-0.39, 0.29) is 21.4 Å². The first-order valence-electron chi connectivity index (χ1n) is 10.3. The maximum atomic E-state index is 13.1. The fourth-order valence-corrected chi connectivity index (χ4v) is 3.80. The van der Waals surface area contributed by atoms with Crippen LogP contribution in [0.1, 0.15) is 5.56 Å². The molecule has 2 N–H and O–H groups in total. The summed E-state index contributed by atoms with van der Waals surface area (Å²) in [5, 5.41) is 15.2. The lowest BCUT2D eigenvalue weighted by Gasteiger charge is -2.14. The van der Waals surface area contributed by atoms with Gasteiger partial charge in [-0.3, -0.25) is 29.9 Å². The minimum absolute atomic E-state index is 0.0269. The van der Waals surface area contributed by atoms with Crippen LogP contribution in [-0.2, 0) is 14.4 Å². The molecule has 1 fully saturated rings. The number of rotatable bonds is 7. The van der Waals surface area contributed by atoms with Crippen LogP contribution >= 0.6 is 15.9 Å². The number of para-hydroxylation sites is 1. The molecule has 0 aliphatic carbocycles. The number of amides is 3. The summed E-state index contributed by atoms with van der Waals surface area (Å²) in [4.78, 5) is 48.8. The number of nitro benzene ring substituents is 1. The Hall–Kier alpha value is -4.58. The fraction of sp³-hybridized carbons (Fsp3) is 0.0417. The van der Waals surface area contributed by atoms with Gasteiger partial charge in [0.05, 0.1) is 10.6 Å². The molecule has 0 unspecified atom stereocenters. The Bertz CT molecular complexity index is 1400. The highest BCUT2D eigenvalue weighted by molar-refractivity contribution is 9.10. The third kappa shape index (κ3) is 5.39. The predicted octanol–water partition coefficient (Wildman–Crippen LogP) is 3.98. The second kappa shape index (κ2) is 10.4.